The quantitative estimate of drug-likeness (QED) is 0.810. The second-order valence-electron chi connectivity index (χ2n) is 4.48. The van der Waals surface area contributed by atoms with E-state index in [1.807, 2.05) is 0 Å². The van der Waals surface area contributed by atoms with E-state index in [1.54, 1.807) is 48.6 Å². The fourth-order valence-corrected chi connectivity index (χ4v) is 1.75. The number of carbonyl (C=O) groups excluding carboxylic acids is 2. The molecule has 1 heterocycles. The van der Waals surface area contributed by atoms with Gasteiger partial charge in [-0.2, -0.15) is 0 Å². The van der Waals surface area contributed by atoms with Crippen molar-refractivity contribution in [3.63, 3.8) is 0 Å². The number of H-pyrrole nitrogens is 1. The highest BCUT2D eigenvalue weighted by Gasteiger charge is 2.13. The second-order valence-corrected chi connectivity index (χ2v) is 4.48. The fourth-order valence-electron chi connectivity index (χ4n) is 1.75. The average Bonchev–Trinajstić information content (AvgIpc) is 2.97. The Bertz CT molecular complexity index is 608. The number of amides is 2. The van der Waals surface area contributed by atoms with Crippen LogP contribution in [0.15, 0.2) is 36.7 Å². The number of carbonyl (C=O) groups is 2. The standard InChI is InChI=1S/C14H16N4O3/c1-18(8-13-16-6-7-17-13)14(20)10-2-4-11(5-3-10)21-9-12(15)19/h2-7H,8-9H2,1H3,(H2,15,19)(H,16,17). The number of nitrogens with two attached hydrogens (primary N) is 1. The number of hydrogen-bond donors (Lipinski definition) is 2. The number of aromatic nitrogens is 2. The molecule has 0 saturated heterocycles. The van der Waals surface area contributed by atoms with Gasteiger partial charge in [0.15, 0.2) is 6.61 Å². The summed E-state index contributed by atoms with van der Waals surface area (Å²) in [5, 5.41) is 0. The molecule has 1 aromatic carbocycles. The van der Waals surface area contributed by atoms with Crippen LogP contribution < -0.4 is 10.5 Å². The van der Waals surface area contributed by atoms with Gasteiger partial charge in [-0.25, -0.2) is 4.98 Å². The summed E-state index contributed by atoms with van der Waals surface area (Å²) < 4.78 is 5.13. The number of imidazole rings is 1. The van der Waals surface area contributed by atoms with Gasteiger partial charge in [0.25, 0.3) is 11.8 Å². The lowest BCUT2D eigenvalue weighted by atomic mass is 10.2. The molecular formula is C14H16N4O3. The molecule has 0 radical (unpaired) electrons. The van der Waals surface area contributed by atoms with Gasteiger partial charge in [-0.3, -0.25) is 9.59 Å². The topological polar surface area (TPSA) is 101 Å². The molecule has 0 saturated carbocycles. The summed E-state index contributed by atoms with van der Waals surface area (Å²) in [6.45, 7) is 0.206. The zero-order chi connectivity index (χ0) is 15.2. The maximum Gasteiger partial charge on any atom is 0.255 e. The number of benzene rings is 1. The van der Waals surface area contributed by atoms with Gasteiger partial charge < -0.3 is 20.4 Å². The van der Waals surface area contributed by atoms with Gasteiger partial charge in [-0.1, -0.05) is 0 Å². The van der Waals surface area contributed by atoms with Crippen LogP contribution in [0.1, 0.15) is 16.2 Å². The minimum atomic E-state index is -0.548. The van der Waals surface area contributed by atoms with Gasteiger partial charge in [-0.15, -0.1) is 0 Å². The first-order chi connectivity index (χ1) is 10.1. The summed E-state index contributed by atoms with van der Waals surface area (Å²) in [6.07, 6.45) is 3.34. The Balaban J connectivity index is 1.97. The molecule has 2 amide bonds. The molecule has 0 unspecified atom stereocenters. The summed E-state index contributed by atoms with van der Waals surface area (Å²) >= 11 is 0. The Morgan fingerprint density at radius 3 is 2.62 bits per heavy atom. The van der Waals surface area contributed by atoms with Gasteiger partial charge in [-0.05, 0) is 24.3 Å². The maximum atomic E-state index is 12.2. The van der Waals surface area contributed by atoms with Crippen molar-refractivity contribution in [3.05, 3.63) is 48.0 Å². The number of nitrogens with one attached hydrogen (secondary N) is 1. The Labute approximate surface area is 121 Å². The summed E-state index contributed by atoms with van der Waals surface area (Å²) in [5.41, 5.74) is 5.51. The molecule has 7 nitrogen and oxygen atoms in total. The van der Waals surface area contributed by atoms with Crippen LogP contribution in [0, 0.1) is 0 Å². The summed E-state index contributed by atoms with van der Waals surface area (Å²) in [5.74, 6) is 0.521. The highest BCUT2D eigenvalue weighted by Crippen LogP contribution is 2.14. The Kier molecular flexibility index (Phi) is 4.55. The molecule has 0 atom stereocenters. The smallest absolute Gasteiger partial charge is 0.255 e. The molecule has 0 aliphatic heterocycles. The molecule has 1 aromatic heterocycles. The zero-order valence-corrected chi connectivity index (χ0v) is 11.6. The summed E-state index contributed by atoms with van der Waals surface area (Å²) in [4.78, 5) is 31.4. The van der Waals surface area contributed by atoms with Gasteiger partial charge in [0.05, 0.1) is 6.54 Å². The average molecular weight is 288 g/mol. The van der Waals surface area contributed by atoms with Gasteiger partial charge in [0, 0.05) is 25.0 Å². The molecule has 0 fully saturated rings. The van der Waals surface area contributed by atoms with Gasteiger partial charge in [0.1, 0.15) is 11.6 Å². The third-order valence-corrected chi connectivity index (χ3v) is 2.77. The lowest BCUT2D eigenvalue weighted by Crippen LogP contribution is -2.26. The monoisotopic (exact) mass is 288 g/mol. The molecule has 0 aliphatic rings. The van der Waals surface area contributed by atoms with Crippen molar-refractivity contribution < 1.29 is 14.3 Å². The van der Waals surface area contributed by atoms with Crippen molar-refractivity contribution >= 4 is 11.8 Å². The fraction of sp³-hybridized carbons (Fsp3) is 0.214. The van der Waals surface area contributed by atoms with Gasteiger partial charge in [0.2, 0.25) is 0 Å². The highest BCUT2D eigenvalue weighted by molar-refractivity contribution is 5.94. The van der Waals surface area contributed by atoms with Crippen LogP contribution in [-0.4, -0.2) is 40.3 Å². The number of ether oxygens (including phenoxy) is 1. The first-order valence-electron chi connectivity index (χ1n) is 6.31. The van der Waals surface area contributed by atoms with Crippen molar-refractivity contribution in [2.24, 2.45) is 5.73 Å². The van der Waals surface area contributed by atoms with E-state index < -0.39 is 5.91 Å². The second kappa shape index (κ2) is 6.56. The van der Waals surface area contributed by atoms with E-state index in [0.29, 0.717) is 23.7 Å². The molecule has 0 aliphatic carbocycles. The van der Waals surface area contributed by atoms with Gasteiger partial charge >= 0.3 is 0 Å². The number of hydrogen-bond acceptors (Lipinski definition) is 4. The number of rotatable bonds is 6. The van der Waals surface area contributed by atoms with Crippen molar-refractivity contribution in [1.29, 1.82) is 0 Å². The largest absolute Gasteiger partial charge is 0.484 e. The van der Waals surface area contributed by atoms with E-state index in [2.05, 4.69) is 9.97 Å². The first kappa shape index (κ1) is 14.6. The lowest BCUT2D eigenvalue weighted by Gasteiger charge is -2.16. The number of nitrogens with zero attached hydrogens (tertiary/aromatic N) is 2. The van der Waals surface area contributed by atoms with E-state index in [0.717, 1.165) is 0 Å². The molecule has 110 valence electrons. The van der Waals surface area contributed by atoms with Crippen LogP contribution in [0.2, 0.25) is 0 Å². The van der Waals surface area contributed by atoms with Crippen molar-refractivity contribution in [2.75, 3.05) is 13.7 Å². The van der Waals surface area contributed by atoms with Crippen molar-refractivity contribution in [2.45, 2.75) is 6.54 Å². The minimum absolute atomic E-state index is 0.132. The van der Waals surface area contributed by atoms with Crippen molar-refractivity contribution in [1.82, 2.24) is 14.9 Å². The maximum absolute atomic E-state index is 12.2. The summed E-state index contributed by atoms with van der Waals surface area (Å²) in [7, 11) is 1.70. The van der Waals surface area contributed by atoms with Crippen LogP contribution in [0.25, 0.3) is 0 Å². The molecule has 21 heavy (non-hydrogen) atoms. The zero-order valence-electron chi connectivity index (χ0n) is 11.6. The van der Waals surface area contributed by atoms with Crippen LogP contribution in [0.3, 0.4) is 0 Å². The summed E-state index contributed by atoms with van der Waals surface area (Å²) in [6, 6.07) is 6.52. The SMILES string of the molecule is CN(Cc1ncc[nH]1)C(=O)c1ccc(OCC(N)=O)cc1. The Morgan fingerprint density at radius 1 is 1.33 bits per heavy atom. The lowest BCUT2D eigenvalue weighted by molar-refractivity contribution is -0.119. The number of aromatic amines is 1. The van der Waals surface area contributed by atoms with Crippen LogP contribution >= 0.6 is 0 Å². The first-order valence-corrected chi connectivity index (χ1v) is 6.31. The molecule has 2 aromatic rings. The van der Waals surface area contributed by atoms with E-state index in [-0.39, 0.29) is 12.5 Å². The Morgan fingerprint density at radius 2 is 2.05 bits per heavy atom. The van der Waals surface area contributed by atoms with Crippen LogP contribution in [0.5, 0.6) is 5.75 Å². The van der Waals surface area contributed by atoms with Crippen LogP contribution in [0.4, 0.5) is 0 Å². The third kappa shape index (κ3) is 4.07. The van der Waals surface area contributed by atoms with E-state index in [1.165, 1.54) is 0 Å². The van der Waals surface area contributed by atoms with Crippen molar-refractivity contribution in [3.8, 4) is 5.75 Å². The molecular weight excluding hydrogens is 272 g/mol. The normalized spacial score (nSPS) is 10.1. The minimum Gasteiger partial charge on any atom is -0.484 e. The highest BCUT2D eigenvalue weighted by atomic mass is 16.5. The third-order valence-electron chi connectivity index (χ3n) is 2.77. The molecule has 7 heteroatoms. The predicted molar refractivity (Wildman–Crippen MR) is 75.5 cm³/mol. The molecule has 3 N–H and O–H groups in total. The Hall–Kier alpha value is -2.83. The molecule has 2 rings (SSSR count). The van der Waals surface area contributed by atoms with E-state index >= 15 is 0 Å². The van der Waals surface area contributed by atoms with Crippen LogP contribution in [-0.2, 0) is 11.3 Å². The number of primary amides is 1. The molecule has 0 spiro atoms. The van der Waals surface area contributed by atoms with E-state index in [9.17, 15) is 9.59 Å². The predicted octanol–water partition coefficient (Wildman–Crippen LogP) is 0.546. The van der Waals surface area contributed by atoms with E-state index in [4.69, 9.17) is 10.5 Å². The molecule has 0 bridgehead atoms.